The Morgan fingerprint density at radius 2 is 2.45 bits per heavy atom. The van der Waals surface area contributed by atoms with Crippen LogP contribution in [0.5, 0.6) is 11.5 Å². The first-order chi connectivity index (χ1) is 6.12. The van der Waals surface area contributed by atoms with E-state index in [9.17, 15) is 4.79 Å². The van der Waals surface area contributed by atoms with Gasteiger partial charge in [0.25, 0.3) is 0 Å². The number of hydrogen-bond acceptors (Lipinski definition) is 3. The maximum absolute atomic E-state index is 10.5. The van der Waals surface area contributed by atoms with Crippen molar-refractivity contribution in [2.24, 2.45) is 0 Å². The van der Waals surface area contributed by atoms with Crippen LogP contribution in [0.15, 0.2) is 18.2 Å². The molecule has 0 unspecified atom stereocenters. The Morgan fingerprint density at radius 3 is 3.27 bits per heavy atom. The Morgan fingerprint density at radius 1 is 1.55 bits per heavy atom. The van der Waals surface area contributed by atoms with Crippen LogP contribution in [0.4, 0.5) is 0 Å². The van der Waals surface area contributed by atoms with Gasteiger partial charge in [0.15, 0.2) is 17.8 Å². The number of carbonyl (C=O) groups excluding carboxylic acids is 1. The summed E-state index contributed by atoms with van der Waals surface area (Å²) in [6.07, 6.45) is 0.601. The Hall–Kier alpha value is -1.51. The third-order valence-electron chi connectivity index (χ3n) is 1.43. The zero-order valence-corrected chi connectivity index (χ0v) is 5.53. The van der Waals surface area contributed by atoms with Gasteiger partial charge in [0, 0.05) is 0 Å². The fourth-order valence-electron chi connectivity index (χ4n) is 0.923. The molecule has 3 heteroatoms. The molecule has 0 bridgehead atoms. The highest BCUT2D eigenvalue weighted by atomic mass is 16.7. The summed E-state index contributed by atoms with van der Waals surface area (Å²) in [5.74, 6) is 0.428. The lowest BCUT2D eigenvalue weighted by atomic mass is 10.2. The molecule has 2 rings (SSSR count). The standard InChI is InChI=1S/C8H6O3/c9-4-6-2-1-3-7-8(6)11-5-10-7/h1-4H,5H2/i5D2. The molecular weight excluding hydrogens is 144 g/mol. The van der Waals surface area contributed by atoms with Crippen LogP contribution in [-0.4, -0.2) is 13.0 Å². The molecule has 3 nitrogen and oxygen atoms in total. The first-order valence-corrected chi connectivity index (χ1v) is 3.08. The van der Waals surface area contributed by atoms with E-state index in [-0.39, 0.29) is 11.5 Å². The van der Waals surface area contributed by atoms with Crippen molar-refractivity contribution in [1.82, 2.24) is 0 Å². The molecule has 1 heterocycles. The van der Waals surface area contributed by atoms with Gasteiger partial charge in [0.1, 0.15) is 2.74 Å². The molecule has 0 amide bonds. The average molecular weight is 152 g/mol. The molecule has 1 aromatic carbocycles. The van der Waals surface area contributed by atoms with E-state index >= 15 is 0 Å². The quantitative estimate of drug-likeness (QED) is 0.568. The number of hydrogen-bond donors (Lipinski definition) is 0. The van der Waals surface area contributed by atoms with Crippen molar-refractivity contribution >= 4 is 6.29 Å². The topological polar surface area (TPSA) is 35.5 Å². The van der Waals surface area contributed by atoms with E-state index in [1.54, 1.807) is 12.1 Å². The van der Waals surface area contributed by atoms with Gasteiger partial charge in [-0.2, -0.15) is 0 Å². The highest BCUT2D eigenvalue weighted by Crippen LogP contribution is 2.33. The third-order valence-corrected chi connectivity index (χ3v) is 1.43. The van der Waals surface area contributed by atoms with E-state index in [4.69, 9.17) is 12.2 Å². The second-order valence-corrected chi connectivity index (χ2v) is 2.08. The van der Waals surface area contributed by atoms with Crippen LogP contribution in [0.25, 0.3) is 0 Å². The summed E-state index contributed by atoms with van der Waals surface area (Å²) in [5, 5.41) is 0. The molecule has 0 radical (unpaired) electrons. The van der Waals surface area contributed by atoms with Gasteiger partial charge < -0.3 is 9.47 Å². The van der Waals surface area contributed by atoms with Crippen LogP contribution in [0.2, 0.25) is 0 Å². The lowest BCUT2D eigenvalue weighted by Crippen LogP contribution is -1.94. The predicted molar refractivity (Wildman–Crippen MR) is 38.0 cm³/mol. The minimum Gasteiger partial charge on any atom is -0.454 e. The summed E-state index contributed by atoms with van der Waals surface area (Å²) < 4.78 is 23.9. The number of ether oxygens (including phenoxy) is 2. The molecule has 0 fully saturated rings. The first kappa shape index (κ1) is 4.38. The summed E-state index contributed by atoms with van der Waals surface area (Å²) in [6, 6.07) is 4.69. The fraction of sp³-hybridized carbons (Fsp3) is 0.125. The van der Waals surface area contributed by atoms with Gasteiger partial charge in [-0.15, -0.1) is 0 Å². The van der Waals surface area contributed by atoms with E-state index in [0.717, 1.165) is 0 Å². The molecule has 0 aliphatic carbocycles. The number of para-hydroxylation sites is 1. The van der Waals surface area contributed by atoms with Gasteiger partial charge >= 0.3 is 0 Å². The minimum absolute atomic E-state index is 0.169. The molecule has 0 atom stereocenters. The zero-order valence-electron chi connectivity index (χ0n) is 7.53. The Bertz CT molecular complexity index is 362. The van der Waals surface area contributed by atoms with Crippen molar-refractivity contribution in [3.63, 3.8) is 0 Å². The van der Waals surface area contributed by atoms with Crippen LogP contribution < -0.4 is 9.47 Å². The molecular formula is C8H6O3. The predicted octanol–water partition coefficient (Wildman–Crippen LogP) is 1.23. The van der Waals surface area contributed by atoms with Crippen molar-refractivity contribution < 1.29 is 17.0 Å². The van der Waals surface area contributed by atoms with Crippen molar-refractivity contribution in [1.29, 1.82) is 0 Å². The summed E-state index contributed by atoms with van der Waals surface area (Å²) in [7, 11) is 0. The summed E-state index contributed by atoms with van der Waals surface area (Å²) in [6.45, 7) is -2.17. The molecule has 0 saturated carbocycles. The van der Waals surface area contributed by atoms with Gasteiger partial charge in [-0.1, -0.05) is 6.07 Å². The summed E-state index contributed by atoms with van der Waals surface area (Å²) >= 11 is 0. The number of carbonyl (C=O) groups is 1. The largest absolute Gasteiger partial charge is 0.454 e. The smallest absolute Gasteiger partial charge is 0.231 e. The molecule has 56 valence electrons. The number of rotatable bonds is 1. The lowest BCUT2D eigenvalue weighted by Gasteiger charge is -1.96. The minimum atomic E-state index is -2.17. The van der Waals surface area contributed by atoms with E-state index in [0.29, 0.717) is 11.8 Å². The van der Waals surface area contributed by atoms with Gasteiger partial charge in [-0.05, 0) is 12.1 Å². The number of aldehydes is 1. The van der Waals surface area contributed by atoms with Gasteiger partial charge in [-0.3, -0.25) is 4.79 Å². The Kier molecular flexibility index (Phi) is 0.904. The van der Waals surface area contributed by atoms with Crippen molar-refractivity contribution in [3.8, 4) is 11.5 Å². The summed E-state index contributed by atoms with van der Waals surface area (Å²) in [5.41, 5.74) is 0.291. The Balaban J connectivity index is 2.51. The monoisotopic (exact) mass is 152 g/mol. The maximum atomic E-state index is 10.5. The molecule has 0 spiro atoms. The molecule has 1 aromatic rings. The molecule has 0 N–H and O–H groups in total. The third kappa shape index (κ3) is 0.852. The SMILES string of the molecule is [2H]C1([2H])Oc2cccc(C=O)c2O1. The molecule has 1 aliphatic heterocycles. The van der Waals surface area contributed by atoms with Crippen molar-refractivity contribution in [2.45, 2.75) is 0 Å². The highest BCUT2D eigenvalue weighted by molar-refractivity contribution is 5.81. The van der Waals surface area contributed by atoms with E-state index in [2.05, 4.69) is 0 Å². The second kappa shape index (κ2) is 2.27. The van der Waals surface area contributed by atoms with Crippen LogP contribution in [0.3, 0.4) is 0 Å². The average Bonchev–Trinajstić information content (AvgIpc) is 2.37. The summed E-state index contributed by atoms with van der Waals surface area (Å²) in [4.78, 5) is 10.5. The van der Waals surface area contributed by atoms with Crippen molar-refractivity contribution in [3.05, 3.63) is 23.8 Å². The molecule has 0 saturated heterocycles. The van der Waals surface area contributed by atoms with Gasteiger partial charge in [0.2, 0.25) is 6.75 Å². The van der Waals surface area contributed by atoms with E-state index < -0.39 is 6.75 Å². The zero-order chi connectivity index (χ0) is 9.47. The van der Waals surface area contributed by atoms with Gasteiger partial charge in [-0.25, -0.2) is 0 Å². The van der Waals surface area contributed by atoms with E-state index in [1.807, 2.05) is 0 Å². The van der Waals surface area contributed by atoms with Crippen LogP contribution in [0.1, 0.15) is 13.1 Å². The molecule has 11 heavy (non-hydrogen) atoms. The molecule has 0 aromatic heterocycles. The maximum Gasteiger partial charge on any atom is 0.231 e. The van der Waals surface area contributed by atoms with Gasteiger partial charge in [0.05, 0.1) is 5.56 Å². The fourth-order valence-corrected chi connectivity index (χ4v) is 0.923. The Labute approximate surface area is 66.4 Å². The van der Waals surface area contributed by atoms with Crippen LogP contribution >= 0.6 is 0 Å². The van der Waals surface area contributed by atoms with Crippen molar-refractivity contribution in [2.75, 3.05) is 6.75 Å². The van der Waals surface area contributed by atoms with Crippen LogP contribution in [0, 0.1) is 0 Å². The first-order valence-electron chi connectivity index (χ1n) is 4.08. The normalized spacial score (nSPS) is 20.4. The van der Waals surface area contributed by atoms with Crippen LogP contribution in [-0.2, 0) is 0 Å². The highest BCUT2D eigenvalue weighted by Gasteiger charge is 2.15. The second-order valence-electron chi connectivity index (χ2n) is 2.08. The lowest BCUT2D eigenvalue weighted by molar-refractivity contribution is 0.111. The number of fused-ring (bicyclic) bond motifs is 1. The van der Waals surface area contributed by atoms with E-state index in [1.165, 1.54) is 6.07 Å². The molecule has 1 aliphatic rings. The number of benzene rings is 1.